The van der Waals surface area contributed by atoms with E-state index in [1.165, 1.54) is 16.8 Å². The third-order valence-electron chi connectivity index (χ3n) is 4.10. The Morgan fingerprint density at radius 1 is 1.25 bits per heavy atom. The van der Waals surface area contributed by atoms with Gasteiger partial charge < -0.3 is 10.7 Å². The SMILES string of the molecule is CN/C=C(\C=N)c1cnc2cnn(S(=O)(=O)c3cnc4ccc(Br)cn34)c2c1. The number of nitrogens with one attached hydrogen (secondary N) is 2. The monoisotopic (exact) mass is 459 g/mol. The third-order valence-corrected chi connectivity index (χ3v) is 6.15. The average Bonchev–Trinajstić information content (AvgIpc) is 3.29. The van der Waals surface area contributed by atoms with Crippen molar-refractivity contribution in [3.63, 3.8) is 0 Å². The maximum absolute atomic E-state index is 13.3. The van der Waals surface area contributed by atoms with Crippen molar-refractivity contribution in [3.8, 4) is 0 Å². The van der Waals surface area contributed by atoms with Gasteiger partial charge in [-0.05, 0) is 34.1 Å². The molecule has 0 spiro atoms. The van der Waals surface area contributed by atoms with Crippen LogP contribution in [-0.4, -0.2) is 45.2 Å². The molecule has 28 heavy (non-hydrogen) atoms. The number of halogens is 1. The molecule has 0 aromatic carbocycles. The highest BCUT2D eigenvalue weighted by molar-refractivity contribution is 9.10. The first kappa shape index (κ1) is 18.3. The summed E-state index contributed by atoms with van der Waals surface area (Å²) in [4.78, 5) is 8.43. The van der Waals surface area contributed by atoms with Gasteiger partial charge in [0.05, 0.1) is 12.4 Å². The molecule has 0 bridgehead atoms. The van der Waals surface area contributed by atoms with Crippen molar-refractivity contribution in [2.24, 2.45) is 0 Å². The Kier molecular flexibility index (Phi) is 4.47. The van der Waals surface area contributed by atoms with Crippen molar-refractivity contribution in [2.45, 2.75) is 5.03 Å². The first-order valence-corrected chi connectivity index (χ1v) is 10.3. The molecule has 4 aromatic rings. The van der Waals surface area contributed by atoms with Gasteiger partial charge >= 0.3 is 10.0 Å². The molecule has 2 N–H and O–H groups in total. The second-order valence-electron chi connectivity index (χ2n) is 5.83. The van der Waals surface area contributed by atoms with Gasteiger partial charge in [0.15, 0.2) is 5.03 Å². The highest BCUT2D eigenvalue weighted by Crippen LogP contribution is 2.23. The van der Waals surface area contributed by atoms with Crippen molar-refractivity contribution >= 4 is 54.4 Å². The summed E-state index contributed by atoms with van der Waals surface area (Å²) < 4.78 is 29.7. The third kappa shape index (κ3) is 2.88. The number of hydrogen-bond acceptors (Lipinski definition) is 7. The number of pyridine rings is 2. The zero-order valence-corrected chi connectivity index (χ0v) is 16.9. The summed E-state index contributed by atoms with van der Waals surface area (Å²) in [5.41, 5.74) is 2.39. The number of hydrogen-bond donors (Lipinski definition) is 2. The Bertz CT molecular complexity index is 1350. The first-order valence-electron chi connectivity index (χ1n) is 8.06. The zero-order valence-electron chi connectivity index (χ0n) is 14.5. The number of allylic oxidation sites excluding steroid dienone is 1. The van der Waals surface area contributed by atoms with Gasteiger partial charge in [0.25, 0.3) is 0 Å². The summed E-state index contributed by atoms with van der Waals surface area (Å²) in [6, 6.07) is 5.13. The van der Waals surface area contributed by atoms with E-state index in [-0.39, 0.29) is 5.03 Å². The fourth-order valence-corrected chi connectivity index (χ4v) is 4.48. The number of rotatable bonds is 5. The van der Waals surface area contributed by atoms with E-state index in [0.29, 0.717) is 27.8 Å². The van der Waals surface area contributed by atoms with Crippen molar-refractivity contribution in [3.05, 3.63) is 59.2 Å². The maximum atomic E-state index is 13.3. The normalized spacial score (nSPS) is 12.6. The van der Waals surface area contributed by atoms with E-state index in [9.17, 15) is 8.42 Å². The second kappa shape index (κ2) is 6.84. The van der Waals surface area contributed by atoms with Gasteiger partial charge in [-0.3, -0.25) is 9.38 Å². The van der Waals surface area contributed by atoms with E-state index < -0.39 is 10.0 Å². The van der Waals surface area contributed by atoms with Gasteiger partial charge in [-0.2, -0.15) is 17.6 Å². The molecule has 0 radical (unpaired) electrons. The minimum absolute atomic E-state index is 0.0164. The van der Waals surface area contributed by atoms with Crippen molar-refractivity contribution in [1.82, 2.24) is 28.9 Å². The van der Waals surface area contributed by atoms with Crippen molar-refractivity contribution < 1.29 is 8.42 Å². The average molecular weight is 460 g/mol. The van der Waals surface area contributed by atoms with E-state index in [4.69, 9.17) is 5.41 Å². The molecular formula is C17H14BrN7O2S. The van der Waals surface area contributed by atoms with Gasteiger partial charge in [-0.25, -0.2) is 4.98 Å². The van der Waals surface area contributed by atoms with Crippen LogP contribution in [0.1, 0.15) is 5.56 Å². The smallest absolute Gasteiger partial charge is 0.301 e. The second-order valence-corrected chi connectivity index (χ2v) is 8.46. The molecule has 9 nitrogen and oxygen atoms in total. The molecule has 142 valence electrons. The van der Waals surface area contributed by atoms with Gasteiger partial charge in [0, 0.05) is 47.5 Å². The Labute approximate surface area is 168 Å². The molecule has 4 aromatic heterocycles. The van der Waals surface area contributed by atoms with Crippen molar-refractivity contribution in [2.75, 3.05) is 7.05 Å². The lowest BCUT2D eigenvalue weighted by molar-refractivity contribution is 0.577. The molecule has 0 fully saturated rings. The van der Waals surface area contributed by atoms with Gasteiger partial charge in [-0.15, -0.1) is 0 Å². The molecule has 0 saturated carbocycles. The summed E-state index contributed by atoms with van der Waals surface area (Å²) >= 11 is 3.35. The number of imidazole rings is 1. The predicted octanol–water partition coefficient (Wildman–Crippen LogP) is 2.29. The van der Waals surface area contributed by atoms with Crippen molar-refractivity contribution in [1.29, 1.82) is 5.41 Å². The molecule has 4 heterocycles. The van der Waals surface area contributed by atoms with Gasteiger partial charge in [0.1, 0.15) is 16.7 Å². The molecule has 0 aliphatic carbocycles. The number of aromatic nitrogens is 5. The summed E-state index contributed by atoms with van der Waals surface area (Å²) in [7, 11) is -2.32. The van der Waals surface area contributed by atoms with E-state index in [2.05, 4.69) is 36.3 Å². The van der Waals surface area contributed by atoms with E-state index in [0.717, 1.165) is 14.8 Å². The Balaban J connectivity index is 1.93. The molecule has 11 heteroatoms. The van der Waals surface area contributed by atoms with Crippen LogP contribution in [0.2, 0.25) is 0 Å². The van der Waals surface area contributed by atoms with Crippen LogP contribution in [0.15, 0.2) is 58.7 Å². The summed E-state index contributed by atoms with van der Waals surface area (Å²) in [6.45, 7) is 0. The predicted molar refractivity (Wildman–Crippen MR) is 109 cm³/mol. The first-order chi connectivity index (χ1) is 13.5. The Hall–Kier alpha value is -3.05. The molecule has 0 saturated heterocycles. The van der Waals surface area contributed by atoms with Crippen LogP contribution in [0.5, 0.6) is 0 Å². The molecule has 0 atom stereocenters. The standard InChI is InChI=1S/C17H14BrN7O2S/c1-20-6-12(5-19)11-4-15-14(21-7-11)8-23-25(15)28(26,27)17-9-22-16-3-2-13(18)10-24(16)17/h2-10,19-20H,1H3/b12-6+,19-5?. The van der Waals surface area contributed by atoms with Crippen LogP contribution in [0.25, 0.3) is 22.3 Å². The minimum Gasteiger partial charge on any atom is -0.393 e. The van der Waals surface area contributed by atoms with Crippen LogP contribution in [0.3, 0.4) is 0 Å². The van der Waals surface area contributed by atoms with Crippen LogP contribution in [0.4, 0.5) is 0 Å². The molecule has 0 amide bonds. The van der Waals surface area contributed by atoms with Crippen LogP contribution in [-0.2, 0) is 10.0 Å². The largest absolute Gasteiger partial charge is 0.393 e. The van der Waals surface area contributed by atoms with Gasteiger partial charge in [-0.1, -0.05) is 0 Å². The van der Waals surface area contributed by atoms with E-state index >= 15 is 0 Å². The molecule has 4 rings (SSSR count). The highest BCUT2D eigenvalue weighted by atomic mass is 79.9. The summed E-state index contributed by atoms with van der Waals surface area (Å²) in [5.74, 6) is 0. The Morgan fingerprint density at radius 3 is 2.82 bits per heavy atom. The van der Waals surface area contributed by atoms with E-state index in [1.54, 1.807) is 43.8 Å². The number of nitrogens with zero attached hydrogens (tertiary/aromatic N) is 5. The van der Waals surface area contributed by atoms with Gasteiger partial charge in [0.2, 0.25) is 0 Å². The molecule has 0 aliphatic heterocycles. The highest BCUT2D eigenvalue weighted by Gasteiger charge is 2.25. The molecular weight excluding hydrogens is 446 g/mol. The van der Waals surface area contributed by atoms with Crippen LogP contribution in [0, 0.1) is 5.41 Å². The fraction of sp³-hybridized carbons (Fsp3) is 0.0588. The fourth-order valence-electron chi connectivity index (χ4n) is 2.81. The lowest BCUT2D eigenvalue weighted by Crippen LogP contribution is -2.16. The molecule has 0 aliphatic rings. The van der Waals surface area contributed by atoms with Crippen LogP contribution < -0.4 is 5.32 Å². The zero-order chi connectivity index (χ0) is 19.9. The summed E-state index contributed by atoms with van der Waals surface area (Å²) in [6.07, 6.45) is 8.69. The molecule has 0 unspecified atom stereocenters. The summed E-state index contributed by atoms with van der Waals surface area (Å²) in [5, 5.41) is 14.4. The number of fused-ring (bicyclic) bond motifs is 2. The topological polar surface area (TPSA) is 118 Å². The minimum atomic E-state index is -4.03. The van der Waals surface area contributed by atoms with E-state index in [1.807, 2.05) is 0 Å². The Morgan fingerprint density at radius 2 is 2.07 bits per heavy atom. The lowest BCUT2D eigenvalue weighted by Gasteiger charge is -2.07. The maximum Gasteiger partial charge on any atom is 0.301 e. The van der Waals surface area contributed by atoms with Crippen LogP contribution >= 0.6 is 15.9 Å². The lowest BCUT2D eigenvalue weighted by atomic mass is 10.1. The quantitative estimate of drug-likeness (QED) is 0.442.